The van der Waals surface area contributed by atoms with Crippen molar-refractivity contribution in [1.82, 2.24) is 4.90 Å². The highest BCUT2D eigenvalue weighted by Crippen LogP contribution is 2.34. The van der Waals surface area contributed by atoms with Crippen molar-refractivity contribution in [2.75, 3.05) is 30.3 Å². The Hall–Kier alpha value is 0.210. The molecule has 4 nitrogen and oxygen atoms in total. The third kappa shape index (κ3) is 3.51. The monoisotopic (exact) mass is 354 g/mol. The lowest BCUT2D eigenvalue weighted by Gasteiger charge is -2.39. The second kappa shape index (κ2) is 6.98. The molecule has 2 heterocycles. The SMILES string of the molecule is CCS(=O)(=O)C1CSCCN1C(CN)c1cc(Cl)cs1. The van der Waals surface area contributed by atoms with Gasteiger partial charge in [0.1, 0.15) is 5.37 Å². The van der Waals surface area contributed by atoms with E-state index < -0.39 is 15.2 Å². The van der Waals surface area contributed by atoms with Crippen molar-refractivity contribution in [3.8, 4) is 0 Å². The van der Waals surface area contributed by atoms with Gasteiger partial charge in [0.2, 0.25) is 0 Å². The van der Waals surface area contributed by atoms with Crippen LogP contribution in [0.3, 0.4) is 0 Å². The van der Waals surface area contributed by atoms with E-state index in [0.29, 0.717) is 17.3 Å². The molecule has 8 heteroatoms. The molecule has 1 aliphatic rings. The molecule has 1 aliphatic heterocycles. The van der Waals surface area contributed by atoms with Gasteiger partial charge in [-0.25, -0.2) is 8.42 Å². The number of rotatable bonds is 5. The van der Waals surface area contributed by atoms with Crippen molar-refractivity contribution in [1.29, 1.82) is 0 Å². The Morgan fingerprint density at radius 2 is 2.35 bits per heavy atom. The van der Waals surface area contributed by atoms with Gasteiger partial charge in [0, 0.05) is 40.6 Å². The molecule has 0 aromatic carbocycles. The van der Waals surface area contributed by atoms with E-state index in [2.05, 4.69) is 0 Å². The van der Waals surface area contributed by atoms with Crippen molar-refractivity contribution in [2.45, 2.75) is 18.3 Å². The molecule has 0 saturated carbocycles. The Kier molecular flexibility index (Phi) is 5.79. The summed E-state index contributed by atoms with van der Waals surface area (Å²) in [6, 6.07) is 1.82. The maximum Gasteiger partial charge on any atom is 0.166 e. The van der Waals surface area contributed by atoms with Crippen molar-refractivity contribution in [2.24, 2.45) is 5.73 Å². The largest absolute Gasteiger partial charge is 0.329 e. The lowest BCUT2D eigenvalue weighted by atomic mass is 10.2. The highest BCUT2D eigenvalue weighted by Gasteiger charge is 2.37. The molecule has 114 valence electrons. The fraction of sp³-hybridized carbons (Fsp3) is 0.667. The third-order valence-corrected chi connectivity index (χ3v) is 8.17. The molecular weight excluding hydrogens is 336 g/mol. The summed E-state index contributed by atoms with van der Waals surface area (Å²) in [5.41, 5.74) is 5.91. The van der Waals surface area contributed by atoms with E-state index in [1.165, 1.54) is 0 Å². The Morgan fingerprint density at radius 3 is 2.90 bits per heavy atom. The molecule has 2 N–H and O–H groups in total. The van der Waals surface area contributed by atoms with Crippen molar-refractivity contribution in [3.63, 3.8) is 0 Å². The summed E-state index contributed by atoms with van der Waals surface area (Å²) in [7, 11) is -3.11. The zero-order chi connectivity index (χ0) is 14.8. The minimum absolute atomic E-state index is 0.0697. The molecule has 0 amide bonds. The predicted octanol–water partition coefficient (Wildman–Crippen LogP) is 2.21. The van der Waals surface area contributed by atoms with Gasteiger partial charge < -0.3 is 5.73 Å². The number of thiophene rings is 1. The normalized spacial score (nSPS) is 22.9. The average molecular weight is 355 g/mol. The molecule has 0 spiro atoms. The fourth-order valence-electron chi connectivity index (χ4n) is 2.37. The first-order valence-corrected chi connectivity index (χ1v) is 10.6. The van der Waals surface area contributed by atoms with Crippen LogP contribution < -0.4 is 5.73 Å². The van der Waals surface area contributed by atoms with Crippen LogP contribution in [0.2, 0.25) is 5.02 Å². The Labute approximate surface area is 133 Å². The van der Waals surface area contributed by atoms with Gasteiger partial charge in [-0.05, 0) is 6.07 Å². The Morgan fingerprint density at radius 1 is 1.60 bits per heavy atom. The number of nitrogens with two attached hydrogens (primary N) is 1. The molecule has 20 heavy (non-hydrogen) atoms. The number of thioether (sulfide) groups is 1. The van der Waals surface area contributed by atoms with E-state index in [1.807, 2.05) is 16.3 Å². The van der Waals surface area contributed by atoms with Crippen LogP contribution in [-0.2, 0) is 9.84 Å². The molecule has 0 bridgehead atoms. The number of hydrogen-bond acceptors (Lipinski definition) is 6. The van der Waals surface area contributed by atoms with E-state index >= 15 is 0 Å². The molecule has 2 atom stereocenters. The van der Waals surface area contributed by atoms with Gasteiger partial charge in [-0.15, -0.1) is 11.3 Å². The maximum atomic E-state index is 12.3. The van der Waals surface area contributed by atoms with Crippen molar-refractivity contribution < 1.29 is 8.42 Å². The van der Waals surface area contributed by atoms with Crippen molar-refractivity contribution >= 4 is 44.5 Å². The molecule has 1 aromatic rings. The average Bonchev–Trinajstić information content (AvgIpc) is 2.86. The maximum absolute atomic E-state index is 12.3. The lowest BCUT2D eigenvalue weighted by molar-refractivity contribution is 0.200. The van der Waals surface area contributed by atoms with Gasteiger partial charge >= 0.3 is 0 Å². The predicted molar refractivity (Wildman–Crippen MR) is 88.4 cm³/mol. The number of sulfone groups is 1. The molecule has 0 radical (unpaired) electrons. The van der Waals surface area contributed by atoms with E-state index in [1.54, 1.807) is 30.0 Å². The summed E-state index contributed by atoms with van der Waals surface area (Å²) in [4.78, 5) is 3.08. The highest BCUT2D eigenvalue weighted by molar-refractivity contribution is 8.01. The number of nitrogens with zero attached hydrogens (tertiary/aromatic N) is 1. The van der Waals surface area contributed by atoms with Gasteiger partial charge in [0.25, 0.3) is 0 Å². The fourth-order valence-corrected chi connectivity index (χ4v) is 6.65. The number of hydrogen-bond donors (Lipinski definition) is 1. The molecule has 0 aliphatic carbocycles. The van der Waals surface area contributed by atoms with Crippen LogP contribution >= 0.6 is 34.7 Å². The minimum atomic E-state index is -3.11. The molecule has 1 saturated heterocycles. The van der Waals surface area contributed by atoms with Crippen LogP contribution in [-0.4, -0.2) is 49.0 Å². The van der Waals surface area contributed by atoms with Crippen LogP contribution in [0.1, 0.15) is 17.8 Å². The van der Waals surface area contributed by atoms with Crippen LogP contribution in [0, 0.1) is 0 Å². The quantitative estimate of drug-likeness (QED) is 0.878. The van der Waals surface area contributed by atoms with Crippen LogP contribution in [0.25, 0.3) is 0 Å². The Bertz CT molecular complexity index is 547. The molecule has 1 aromatic heterocycles. The summed E-state index contributed by atoms with van der Waals surface area (Å²) in [6.45, 7) is 2.84. The van der Waals surface area contributed by atoms with Gasteiger partial charge in [-0.2, -0.15) is 11.8 Å². The van der Waals surface area contributed by atoms with E-state index in [0.717, 1.165) is 17.2 Å². The van der Waals surface area contributed by atoms with Gasteiger partial charge in [0.05, 0.1) is 11.1 Å². The first kappa shape index (κ1) is 16.6. The first-order valence-electron chi connectivity index (χ1n) is 6.48. The van der Waals surface area contributed by atoms with Gasteiger partial charge in [-0.1, -0.05) is 18.5 Å². The zero-order valence-electron chi connectivity index (χ0n) is 11.3. The lowest BCUT2D eigenvalue weighted by Crippen LogP contribution is -2.50. The molecule has 1 fully saturated rings. The summed E-state index contributed by atoms with van der Waals surface area (Å²) in [6.07, 6.45) is 0. The van der Waals surface area contributed by atoms with Crippen LogP contribution in [0.5, 0.6) is 0 Å². The second-order valence-corrected chi connectivity index (χ2v) is 9.61. The third-order valence-electron chi connectivity index (χ3n) is 3.48. The Balaban J connectivity index is 2.30. The van der Waals surface area contributed by atoms with Gasteiger partial charge in [0.15, 0.2) is 9.84 Å². The minimum Gasteiger partial charge on any atom is -0.329 e. The molecule has 2 rings (SSSR count). The summed E-state index contributed by atoms with van der Waals surface area (Å²) >= 11 is 9.22. The summed E-state index contributed by atoms with van der Waals surface area (Å²) in [5, 5.41) is 2.10. The highest BCUT2D eigenvalue weighted by atomic mass is 35.5. The van der Waals surface area contributed by atoms with Crippen molar-refractivity contribution in [3.05, 3.63) is 21.3 Å². The van der Waals surface area contributed by atoms with E-state index in [4.69, 9.17) is 17.3 Å². The van der Waals surface area contributed by atoms with E-state index in [-0.39, 0.29) is 11.8 Å². The first-order chi connectivity index (χ1) is 9.49. The van der Waals surface area contributed by atoms with Crippen LogP contribution in [0.15, 0.2) is 11.4 Å². The smallest absolute Gasteiger partial charge is 0.166 e. The summed E-state index contributed by atoms with van der Waals surface area (Å²) < 4.78 is 24.6. The molecule has 2 unspecified atom stereocenters. The molecular formula is C12H19ClN2O2S3. The second-order valence-electron chi connectivity index (χ2n) is 4.64. The van der Waals surface area contributed by atoms with E-state index in [9.17, 15) is 8.42 Å². The topological polar surface area (TPSA) is 63.4 Å². The number of halogens is 1. The van der Waals surface area contributed by atoms with Crippen LogP contribution in [0.4, 0.5) is 0 Å². The standard InChI is InChI=1S/C12H19ClN2O2S3/c1-2-20(16,17)12-8-18-4-3-15(12)10(6-14)11-5-9(13)7-19-11/h5,7,10,12H,2-4,6,8,14H2,1H3. The summed E-state index contributed by atoms with van der Waals surface area (Å²) in [5.74, 6) is 1.72. The van der Waals surface area contributed by atoms with Gasteiger partial charge in [-0.3, -0.25) is 4.90 Å². The zero-order valence-corrected chi connectivity index (χ0v) is 14.5.